The normalized spacial score (nSPS) is 10.8. The van der Waals surface area contributed by atoms with Crippen LogP contribution in [0.3, 0.4) is 0 Å². The van der Waals surface area contributed by atoms with Crippen LogP contribution in [0.1, 0.15) is 22.8 Å². The molecule has 0 saturated heterocycles. The van der Waals surface area contributed by atoms with Gasteiger partial charge >= 0.3 is 11.6 Å². The van der Waals surface area contributed by atoms with Gasteiger partial charge in [-0.2, -0.15) is 0 Å². The number of ether oxygens (including phenoxy) is 2. The Bertz CT molecular complexity index is 1320. The fourth-order valence-corrected chi connectivity index (χ4v) is 3.28. The van der Waals surface area contributed by atoms with E-state index in [1.807, 2.05) is 30.3 Å². The Labute approximate surface area is 171 Å². The molecule has 0 saturated carbocycles. The standard InChI is InChI=1S/C24H18O6/c1-15(25)17-6-4-7-19(11-17)28-14-23(27)29-13-18-12-22(26)30-21-10-9-16-5-2-3-8-20(16)24(18)21/h2-12H,13-14H2,1H3. The van der Waals surface area contributed by atoms with Gasteiger partial charge in [0.2, 0.25) is 0 Å². The maximum absolute atomic E-state index is 12.2. The molecular formula is C24H18O6. The average Bonchev–Trinajstić information content (AvgIpc) is 2.75. The lowest BCUT2D eigenvalue weighted by molar-refractivity contribution is -0.147. The third-order valence-electron chi connectivity index (χ3n) is 4.70. The number of carbonyl (C=O) groups excluding carboxylic acids is 2. The van der Waals surface area contributed by atoms with Gasteiger partial charge in [0.15, 0.2) is 12.4 Å². The van der Waals surface area contributed by atoms with Crippen molar-refractivity contribution in [3.8, 4) is 5.75 Å². The summed E-state index contributed by atoms with van der Waals surface area (Å²) in [7, 11) is 0. The summed E-state index contributed by atoms with van der Waals surface area (Å²) in [6.07, 6.45) is 0. The number of hydrogen-bond acceptors (Lipinski definition) is 6. The van der Waals surface area contributed by atoms with E-state index >= 15 is 0 Å². The number of esters is 1. The Kier molecular flexibility index (Phi) is 5.30. The molecule has 6 nitrogen and oxygen atoms in total. The van der Waals surface area contributed by atoms with Crippen molar-refractivity contribution < 1.29 is 23.5 Å². The Morgan fingerprint density at radius 3 is 2.63 bits per heavy atom. The Morgan fingerprint density at radius 1 is 0.967 bits per heavy atom. The van der Waals surface area contributed by atoms with Crippen LogP contribution in [0.5, 0.6) is 5.75 Å². The van der Waals surface area contributed by atoms with E-state index in [0.717, 1.165) is 16.2 Å². The maximum Gasteiger partial charge on any atom is 0.344 e. The number of hydrogen-bond donors (Lipinski definition) is 0. The Hall–Kier alpha value is -3.93. The topological polar surface area (TPSA) is 82.8 Å². The molecule has 30 heavy (non-hydrogen) atoms. The first-order chi connectivity index (χ1) is 14.5. The smallest absolute Gasteiger partial charge is 0.344 e. The lowest BCUT2D eigenvalue weighted by Gasteiger charge is -2.10. The number of rotatable bonds is 6. The molecule has 0 aliphatic carbocycles. The highest BCUT2D eigenvalue weighted by molar-refractivity contribution is 6.07. The molecule has 0 bridgehead atoms. The van der Waals surface area contributed by atoms with E-state index in [9.17, 15) is 14.4 Å². The van der Waals surface area contributed by atoms with Gasteiger partial charge in [0, 0.05) is 22.6 Å². The molecule has 0 N–H and O–H groups in total. The third-order valence-corrected chi connectivity index (χ3v) is 4.70. The van der Waals surface area contributed by atoms with Crippen LogP contribution in [-0.4, -0.2) is 18.4 Å². The van der Waals surface area contributed by atoms with Gasteiger partial charge in [-0.15, -0.1) is 0 Å². The van der Waals surface area contributed by atoms with Crippen molar-refractivity contribution in [2.45, 2.75) is 13.5 Å². The molecular weight excluding hydrogens is 384 g/mol. The summed E-state index contributed by atoms with van der Waals surface area (Å²) in [6, 6.07) is 19.2. The molecule has 0 spiro atoms. The van der Waals surface area contributed by atoms with Gasteiger partial charge in [-0.25, -0.2) is 9.59 Å². The molecule has 4 aromatic rings. The van der Waals surface area contributed by atoms with E-state index in [0.29, 0.717) is 22.5 Å². The van der Waals surface area contributed by atoms with Gasteiger partial charge in [0.05, 0.1) is 0 Å². The molecule has 0 radical (unpaired) electrons. The van der Waals surface area contributed by atoms with Crippen molar-refractivity contribution in [3.63, 3.8) is 0 Å². The predicted octanol–water partition coefficient (Wildman–Crippen LogP) is 4.27. The number of fused-ring (bicyclic) bond motifs is 3. The first kappa shape index (κ1) is 19.4. The highest BCUT2D eigenvalue weighted by Gasteiger charge is 2.12. The molecule has 6 heteroatoms. The molecule has 1 heterocycles. The number of ketones is 1. The molecule has 0 amide bonds. The summed E-state index contributed by atoms with van der Waals surface area (Å²) in [4.78, 5) is 35.5. The Balaban J connectivity index is 1.51. The number of Topliss-reactive ketones (excluding diaryl/α,β-unsaturated/α-hetero) is 1. The van der Waals surface area contributed by atoms with Crippen molar-refractivity contribution >= 4 is 33.5 Å². The predicted molar refractivity (Wildman–Crippen MR) is 112 cm³/mol. The van der Waals surface area contributed by atoms with E-state index in [4.69, 9.17) is 13.9 Å². The van der Waals surface area contributed by atoms with Crippen LogP contribution in [-0.2, 0) is 16.1 Å². The molecule has 1 aromatic heterocycles. The SMILES string of the molecule is CC(=O)c1cccc(OCC(=O)OCc2cc(=O)oc3ccc4ccccc4c23)c1. The van der Waals surface area contributed by atoms with Crippen LogP contribution < -0.4 is 10.4 Å². The second-order valence-corrected chi connectivity index (χ2v) is 6.78. The van der Waals surface area contributed by atoms with E-state index in [1.165, 1.54) is 13.0 Å². The minimum absolute atomic E-state index is 0.0915. The number of benzene rings is 3. The summed E-state index contributed by atoms with van der Waals surface area (Å²) in [5, 5.41) is 2.62. The first-order valence-corrected chi connectivity index (χ1v) is 9.35. The van der Waals surface area contributed by atoms with Crippen molar-refractivity contribution in [3.05, 3.63) is 88.3 Å². The van der Waals surface area contributed by atoms with Crippen molar-refractivity contribution in [1.29, 1.82) is 0 Å². The van der Waals surface area contributed by atoms with Crippen LogP contribution in [0, 0.1) is 0 Å². The van der Waals surface area contributed by atoms with Gasteiger partial charge in [-0.05, 0) is 35.9 Å². The molecule has 0 aliphatic rings. The first-order valence-electron chi connectivity index (χ1n) is 9.35. The van der Waals surface area contributed by atoms with Crippen molar-refractivity contribution in [2.24, 2.45) is 0 Å². The van der Waals surface area contributed by atoms with Crippen molar-refractivity contribution in [2.75, 3.05) is 6.61 Å². The summed E-state index contributed by atoms with van der Waals surface area (Å²) in [6.45, 7) is 1.05. The highest BCUT2D eigenvalue weighted by Crippen LogP contribution is 2.27. The van der Waals surface area contributed by atoms with Crippen LogP contribution in [0.25, 0.3) is 21.7 Å². The van der Waals surface area contributed by atoms with E-state index < -0.39 is 11.6 Å². The molecule has 150 valence electrons. The maximum atomic E-state index is 12.2. The van der Waals surface area contributed by atoms with Gasteiger partial charge < -0.3 is 13.9 Å². The monoisotopic (exact) mass is 402 g/mol. The van der Waals surface area contributed by atoms with Crippen LogP contribution in [0.15, 0.2) is 75.9 Å². The molecule has 0 atom stereocenters. The molecule has 3 aromatic carbocycles. The third kappa shape index (κ3) is 4.07. The Morgan fingerprint density at radius 2 is 1.80 bits per heavy atom. The fraction of sp³-hybridized carbons (Fsp3) is 0.125. The van der Waals surface area contributed by atoms with E-state index in [-0.39, 0.29) is 19.0 Å². The summed E-state index contributed by atoms with van der Waals surface area (Å²) in [5.41, 5.74) is 0.978. The van der Waals surface area contributed by atoms with Crippen LogP contribution >= 0.6 is 0 Å². The zero-order valence-electron chi connectivity index (χ0n) is 16.2. The summed E-state index contributed by atoms with van der Waals surface area (Å²) < 4.78 is 16.1. The fourth-order valence-electron chi connectivity index (χ4n) is 3.28. The summed E-state index contributed by atoms with van der Waals surface area (Å²) >= 11 is 0. The zero-order valence-corrected chi connectivity index (χ0v) is 16.2. The zero-order chi connectivity index (χ0) is 21.1. The summed E-state index contributed by atoms with van der Waals surface area (Å²) in [5.74, 6) is -0.286. The lowest BCUT2D eigenvalue weighted by atomic mass is 10.0. The lowest BCUT2D eigenvalue weighted by Crippen LogP contribution is -2.15. The van der Waals surface area contributed by atoms with E-state index in [2.05, 4.69) is 0 Å². The second kappa shape index (κ2) is 8.21. The molecule has 0 fully saturated rings. The number of carbonyl (C=O) groups is 2. The molecule has 0 aliphatic heterocycles. The van der Waals surface area contributed by atoms with Crippen LogP contribution in [0.2, 0.25) is 0 Å². The van der Waals surface area contributed by atoms with Gasteiger partial charge in [0.25, 0.3) is 0 Å². The average molecular weight is 402 g/mol. The van der Waals surface area contributed by atoms with Crippen molar-refractivity contribution in [1.82, 2.24) is 0 Å². The van der Waals surface area contributed by atoms with Crippen LogP contribution in [0.4, 0.5) is 0 Å². The molecule has 4 rings (SSSR count). The minimum atomic E-state index is -0.593. The quantitative estimate of drug-likeness (QED) is 0.207. The highest BCUT2D eigenvalue weighted by atomic mass is 16.6. The van der Waals surface area contributed by atoms with Gasteiger partial charge in [-0.1, -0.05) is 42.5 Å². The van der Waals surface area contributed by atoms with Gasteiger partial charge in [0.1, 0.15) is 17.9 Å². The molecule has 0 unspecified atom stereocenters. The van der Waals surface area contributed by atoms with E-state index in [1.54, 1.807) is 30.3 Å². The largest absolute Gasteiger partial charge is 0.482 e. The second-order valence-electron chi connectivity index (χ2n) is 6.78. The van der Waals surface area contributed by atoms with Gasteiger partial charge in [-0.3, -0.25) is 4.79 Å². The minimum Gasteiger partial charge on any atom is -0.482 e.